The molecule has 1 aromatic heterocycles. The Kier molecular flexibility index (Phi) is 42.1. The molecular formula is C61H118N10Si2Ti2. The minimum Gasteiger partial charge on any atom is -0.668 e. The molecule has 8 rings (SSSR count). The van der Waals surface area contributed by atoms with Crippen LogP contribution in [0, 0.1) is 43.9 Å². The van der Waals surface area contributed by atoms with Crippen molar-refractivity contribution in [1.82, 2.24) is 14.4 Å². The van der Waals surface area contributed by atoms with Crippen molar-refractivity contribution in [3.05, 3.63) is 104 Å². The molecule has 4 aliphatic carbocycles. The number of nitrogens with one attached hydrogen (secondary N) is 1. The Morgan fingerprint density at radius 1 is 0.640 bits per heavy atom. The Bertz CT molecular complexity index is 1900. The fourth-order valence-corrected chi connectivity index (χ4v) is 22.2. The number of hydrogen-bond acceptors (Lipinski definition) is 2. The number of fused-ring (bicyclic) bond motifs is 10. The van der Waals surface area contributed by atoms with E-state index in [0.29, 0.717) is 5.54 Å². The van der Waals surface area contributed by atoms with Crippen molar-refractivity contribution in [2.75, 3.05) is 91.6 Å². The third-order valence-electron chi connectivity index (χ3n) is 14.3. The van der Waals surface area contributed by atoms with Gasteiger partial charge in [-0.25, -0.2) is 0 Å². The average Bonchev–Trinajstić information content (AvgIpc) is 3.98. The summed E-state index contributed by atoms with van der Waals surface area (Å²) >= 11 is 0. The van der Waals surface area contributed by atoms with Gasteiger partial charge in [0.25, 0.3) is 0 Å². The topological polar surface area (TPSA) is 119 Å². The van der Waals surface area contributed by atoms with Crippen LogP contribution in [0.2, 0.25) is 31.7 Å². The zero-order valence-corrected chi connectivity index (χ0v) is 59.3. The summed E-state index contributed by atoms with van der Waals surface area (Å²) in [6, 6.07) is 17.7. The molecule has 10 nitrogen and oxygen atoms in total. The van der Waals surface area contributed by atoms with Crippen LogP contribution < -0.4 is 4.98 Å². The molecular weight excluding hydrogens is 1020 g/mol. The molecule has 9 atom stereocenters. The Morgan fingerprint density at radius 3 is 1.57 bits per heavy atom. The van der Waals surface area contributed by atoms with Gasteiger partial charge in [0.1, 0.15) is 8.24 Å². The van der Waals surface area contributed by atoms with Crippen LogP contribution in [0.4, 0.5) is 0 Å². The van der Waals surface area contributed by atoms with E-state index in [1.807, 2.05) is 13.8 Å². The van der Waals surface area contributed by atoms with Crippen molar-refractivity contribution in [3.63, 3.8) is 0 Å². The second kappa shape index (κ2) is 39.0. The third-order valence-corrected chi connectivity index (χ3v) is 21.3. The maximum absolute atomic E-state index is 5.55. The van der Waals surface area contributed by atoms with Gasteiger partial charge < -0.3 is 53.9 Å². The zero-order chi connectivity index (χ0) is 55.9. The average molecular weight is 1140 g/mol. The second-order valence-corrected chi connectivity index (χ2v) is 32.6. The van der Waals surface area contributed by atoms with Crippen LogP contribution >= 0.6 is 0 Å². The predicted molar refractivity (Wildman–Crippen MR) is 339 cm³/mol. The van der Waals surface area contributed by atoms with Gasteiger partial charge in [0.15, 0.2) is 0 Å². The number of likely N-dealkylation sites (tertiary alicyclic amines) is 1. The number of rotatable bonds is 4. The fourth-order valence-electron chi connectivity index (χ4n) is 13.5. The van der Waals surface area contributed by atoms with Crippen molar-refractivity contribution < 1.29 is 43.4 Å². The first-order valence-electron chi connectivity index (χ1n) is 27.5. The van der Waals surface area contributed by atoms with Gasteiger partial charge in [-0.05, 0) is 119 Å². The minimum absolute atomic E-state index is 0. The Labute approximate surface area is 499 Å². The van der Waals surface area contributed by atoms with E-state index in [2.05, 4.69) is 184 Å². The zero-order valence-electron chi connectivity index (χ0n) is 54.2. The Balaban J connectivity index is -0.000000484. The molecule has 1 aliphatic heterocycles. The van der Waals surface area contributed by atoms with E-state index in [1.165, 1.54) is 83.8 Å². The molecule has 3 aromatic rings. The molecule has 0 bridgehead atoms. The second-order valence-electron chi connectivity index (χ2n) is 24.1. The molecule has 9 unspecified atom stereocenters. The molecule has 14 heteroatoms. The summed E-state index contributed by atoms with van der Waals surface area (Å²) in [5, 5.41) is 22.4. The molecule has 1 N–H and O–H groups in total. The minimum atomic E-state index is -1.79. The molecule has 0 spiro atoms. The van der Waals surface area contributed by atoms with E-state index >= 15 is 0 Å². The molecule has 1 saturated heterocycles. The molecule has 2 heterocycles. The van der Waals surface area contributed by atoms with Crippen molar-refractivity contribution in [2.45, 2.75) is 175 Å². The van der Waals surface area contributed by atoms with Crippen molar-refractivity contribution >= 4 is 27.4 Å². The number of benzene rings is 2. The molecule has 0 amide bonds. The van der Waals surface area contributed by atoms with Crippen LogP contribution in [-0.4, -0.2) is 141 Å². The summed E-state index contributed by atoms with van der Waals surface area (Å²) < 4.78 is 2.45. The van der Waals surface area contributed by atoms with Gasteiger partial charge in [-0.1, -0.05) is 131 Å². The molecule has 3 saturated carbocycles. The number of aromatic nitrogens is 1. The van der Waals surface area contributed by atoms with Gasteiger partial charge in [0.05, 0.1) is 0 Å². The summed E-state index contributed by atoms with van der Waals surface area (Å²) in [5.41, 5.74) is 10.2. The summed E-state index contributed by atoms with van der Waals surface area (Å²) in [7, 11) is 22.3. The smallest absolute Gasteiger partial charge is 0.668 e. The van der Waals surface area contributed by atoms with Crippen molar-refractivity contribution in [2.24, 2.45) is 36.6 Å². The van der Waals surface area contributed by atoms with Crippen molar-refractivity contribution in [1.29, 1.82) is 0 Å². The van der Waals surface area contributed by atoms with E-state index in [4.69, 9.17) is 4.98 Å². The maximum atomic E-state index is 5.55. The largest absolute Gasteiger partial charge is 4.00 e. The summed E-state index contributed by atoms with van der Waals surface area (Å²) in [4.78, 5) is 12.5. The first-order chi connectivity index (χ1) is 33.7. The van der Waals surface area contributed by atoms with Gasteiger partial charge in [-0.2, -0.15) is 84.6 Å². The molecule has 75 heavy (non-hydrogen) atoms. The van der Waals surface area contributed by atoms with Crippen LogP contribution in [0.1, 0.15) is 130 Å². The molecule has 428 valence electrons. The molecule has 5 aliphatic rings. The normalized spacial score (nSPS) is 23.5. The van der Waals surface area contributed by atoms with Crippen LogP contribution in [0.25, 0.3) is 58.9 Å². The van der Waals surface area contributed by atoms with Crippen LogP contribution in [-0.2, 0) is 50.5 Å². The van der Waals surface area contributed by atoms with Crippen molar-refractivity contribution in [3.8, 4) is 11.1 Å². The number of aryl methyl sites for hydroxylation is 2. The van der Waals surface area contributed by atoms with E-state index < -0.39 is 16.5 Å². The number of nitrogens with zero attached hydrogens (tertiary/aromatic N) is 9. The van der Waals surface area contributed by atoms with Crippen LogP contribution in [0.3, 0.4) is 0 Å². The summed E-state index contributed by atoms with van der Waals surface area (Å²) in [6.07, 6.45) is 10.4. The van der Waals surface area contributed by atoms with Gasteiger partial charge in [-0.3, -0.25) is 4.90 Å². The van der Waals surface area contributed by atoms with E-state index in [1.54, 1.807) is 84.6 Å². The van der Waals surface area contributed by atoms with Gasteiger partial charge in [0, 0.05) is 52.4 Å². The summed E-state index contributed by atoms with van der Waals surface area (Å²) in [6.45, 7) is 32.7. The standard InChI is InChI=1S/C23H43N2Si.C23H30N2Si.6C2H6N.C2H6.CH3.2Ti/c2*1-15-12-13-19-18(14-15)20-16-10-8-9-11-17(16)22(21(20)25(19)5)26(6,7)24-23(2,3)4;6*1-3-2;1-2;;;/h15-22H,8-14H2,1-7H3;8-14,22,24H,1-7H3;6*1-2H3;1-2H3;1H3;;/q-1;;6*-1;;-1;2*+4. The molecule has 4 fully saturated rings. The third kappa shape index (κ3) is 23.1. The Morgan fingerprint density at radius 2 is 1.11 bits per heavy atom. The summed E-state index contributed by atoms with van der Waals surface area (Å²) in [5.74, 6) is 4.93. The fraction of sp³-hybridized carbons (Fsp3) is 0.754. The van der Waals surface area contributed by atoms with E-state index in [9.17, 15) is 0 Å². The first kappa shape index (κ1) is 81.0. The predicted octanol–water partition coefficient (Wildman–Crippen LogP) is 17.2. The van der Waals surface area contributed by atoms with Gasteiger partial charge in [0.2, 0.25) is 0 Å². The van der Waals surface area contributed by atoms with Gasteiger partial charge >= 0.3 is 43.4 Å². The Hall–Kier alpha value is -0.518. The molecule has 2 aromatic carbocycles. The quantitative estimate of drug-likeness (QED) is 0.207. The van der Waals surface area contributed by atoms with E-state index in [0.717, 1.165) is 47.2 Å². The maximum Gasteiger partial charge on any atom is 4.00 e. The van der Waals surface area contributed by atoms with Crippen LogP contribution in [0.5, 0.6) is 0 Å². The molecule has 0 radical (unpaired) electrons. The van der Waals surface area contributed by atoms with Gasteiger partial charge in [-0.15, -0.1) is 5.54 Å². The van der Waals surface area contributed by atoms with Crippen LogP contribution in [0.15, 0.2) is 42.5 Å². The number of hydrogen-bond donors (Lipinski definition) is 1. The first-order valence-corrected chi connectivity index (χ1v) is 33.6. The van der Waals surface area contributed by atoms with E-state index in [-0.39, 0.29) is 61.9 Å². The SMILES string of the molecule is CC.CC1CCC2C(C1)C1C3CCCCC3C([Si](C)(C)[N-]C(C)(C)C)C1N2C.C[N-]C.C[N-]C.C[N-]C.C[N-]C.C[N-]C.C[N-]C.Cc1ccc2c(c1)c1c(n2C)C([Si](C)(C)NC(C)(C)C)c2ccccc2-1.[CH3-].[Ti+4].[Ti+4]. The monoisotopic (exact) mass is 1140 g/mol.